The Morgan fingerprint density at radius 1 is 0.731 bits per heavy atom. The summed E-state index contributed by atoms with van der Waals surface area (Å²) >= 11 is 6.17. The predicted molar refractivity (Wildman–Crippen MR) is 113 cm³/mol. The van der Waals surface area contributed by atoms with Gasteiger partial charge in [0, 0.05) is 19.6 Å². The van der Waals surface area contributed by atoms with E-state index in [4.69, 9.17) is 11.6 Å². The van der Waals surface area contributed by atoms with Crippen LogP contribution in [-0.4, -0.2) is 34.6 Å². The van der Waals surface area contributed by atoms with E-state index >= 15 is 0 Å². The number of hydrogen-bond acceptors (Lipinski definition) is 5. The molecule has 0 aliphatic heterocycles. The average Bonchev–Trinajstić information content (AvgIpc) is 2.63. The van der Waals surface area contributed by atoms with Crippen LogP contribution < -0.4 is 10.2 Å². The molecule has 0 aliphatic carbocycles. The van der Waals surface area contributed by atoms with Gasteiger partial charge in [0.15, 0.2) is 0 Å². The fourth-order valence-electron chi connectivity index (χ4n) is 2.91. The van der Waals surface area contributed by atoms with Crippen molar-refractivity contribution in [2.24, 2.45) is 0 Å². The predicted octanol–water partition coefficient (Wildman–Crippen LogP) is 6.09. The molecule has 150 valence electrons. The second-order valence-corrected chi connectivity index (χ2v) is 7.31. The molecule has 26 heavy (non-hydrogen) atoms. The van der Waals surface area contributed by atoms with Gasteiger partial charge >= 0.3 is 0 Å². The van der Waals surface area contributed by atoms with Crippen molar-refractivity contribution in [1.29, 1.82) is 0 Å². The monoisotopic (exact) mass is 383 g/mol. The van der Waals surface area contributed by atoms with Crippen LogP contribution in [0.25, 0.3) is 0 Å². The van der Waals surface area contributed by atoms with Crippen LogP contribution in [0.2, 0.25) is 5.28 Å². The molecule has 6 heteroatoms. The summed E-state index contributed by atoms with van der Waals surface area (Å²) < 4.78 is 0. The molecule has 0 bridgehead atoms. The Balaban J connectivity index is 2.69. The summed E-state index contributed by atoms with van der Waals surface area (Å²) in [6, 6.07) is 0. The Morgan fingerprint density at radius 3 is 1.88 bits per heavy atom. The Labute approximate surface area is 165 Å². The van der Waals surface area contributed by atoms with Crippen molar-refractivity contribution in [2.75, 3.05) is 29.9 Å². The summed E-state index contributed by atoms with van der Waals surface area (Å²) in [5.41, 5.74) is 0. The lowest BCUT2D eigenvalue weighted by Crippen LogP contribution is -2.28. The summed E-state index contributed by atoms with van der Waals surface area (Å²) in [5.74, 6) is 1.32. The molecule has 0 saturated carbocycles. The first-order valence-electron chi connectivity index (χ1n) is 10.6. The quantitative estimate of drug-likeness (QED) is 0.350. The fraction of sp³-hybridized carbons (Fsp3) is 0.850. The number of aromatic nitrogens is 3. The average molecular weight is 384 g/mol. The minimum Gasteiger partial charge on any atom is -0.354 e. The zero-order valence-corrected chi connectivity index (χ0v) is 17.8. The Bertz CT molecular complexity index is 458. The zero-order chi connectivity index (χ0) is 19.0. The van der Waals surface area contributed by atoms with Gasteiger partial charge in [-0.2, -0.15) is 15.0 Å². The van der Waals surface area contributed by atoms with Gasteiger partial charge in [-0.05, 0) is 30.9 Å². The van der Waals surface area contributed by atoms with Crippen molar-refractivity contribution in [3.63, 3.8) is 0 Å². The standard InChI is InChI=1S/C20H38ClN5/c1-4-7-10-13-16-26(17-14-11-8-5-2)20-24-18(21)23-19(25-20)22-15-12-9-6-3/h4-17H2,1-3H3,(H,22,23,24,25). The van der Waals surface area contributed by atoms with Crippen molar-refractivity contribution >= 4 is 23.5 Å². The Hall–Kier alpha value is -1.10. The molecule has 1 aromatic rings. The van der Waals surface area contributed by atoms with Gasteiger partial charge in [-0.3, -0.25) is 0 Å². The minimum atomic E-state index is 0.278. The van der Waals surface area contributed by atoms with E-state index in [2.05, 4.69) is 45.9 Å². The molecule has 5 nitrogen and oxygen atoms in total. The first-order valence-corrected chi connectivity index (χ1v) is 11.0. The molecule has 0 spiro atoms. The summed E-state index contributed by atoms with van der Waals surface area (Å²) in [6.07, 6.45) is 13.4. The molecule has 0 unspecified atom stereocenters. The zero-order valence-electron chi connectivity index (χ0n) is 17.1. The number of rotatable bonds is 16. The third-order valence-electron chi connectivity index (χ3n) is 4.51. The van der Waals surface area contributed by atoms with Gasteiger partial charge in [-0.15, -0.1) is 0 Å². The Kier molecular flexibility index (Phi) is 13.2. The molecular weight excluding hydrogens is 346 g/mol. The SMILES string of the molecule is CCCCCCN(CCCCCC)c1nc(Cl)nc(NCCCCC)n1. The fourth-order valence-corrected chi connectivity index (χ4v) is 3.06. The van der Waals surface area contributed by atoms with E-state index in [1.165, 1.54) is 64.2 Å². The molecule has 1 N–H and O–H groups in total. The third kappa shape index (κ3) is 10.1. The maximum absolute atomic E-state index is 6.17. The summed E-state index contributed by atoms with van der Waals surface area (Å²) in [7, 11) is 0. The molecule has 0 fully saturated rings. The first kappa shape index (κ1) is 22.9. The first-order chi connectivity index (χ1) is 12.7. The van der Waals surface area contributed by atoms with Crippen molar-refractivity contribution in [1.82, 2.24) is 15.0 Å². The summed E-state index contributed by atoms with van der Waals surface area (Å²) in [4.78, 5) is 15.6. The van der Waals surface area contributed by atoms with E-state index in [0.717, 1.165) is 32.0 Å². The van der Waals surface area contributed by atoms with Crippen molar-refractivity contribution < 1.29 is 0 Å². The lowest BCUT2D eigenvalue weighted by Gasteiger charge is -2.23. The largest absolute Gasteiger partial charge is 0.354 e. The van der Waals surface area contributed by atoms with E-state index in [0.29, 0.717) is 5.95 Å². The molecule has 1 heterocycles. The van der Waals surface area contributed by atoms with Crippen LogP contribution in [0.15, 0.2) is 0 Å². The number of hydrogen-bond donors (Lipinski definition) is 1. The van der Waals surface area contributed by atoms with Gasteiger partial charge in [-0.25, -0.2) is 0 Å². The summed E-state index contributed by atoms with van der Waals surface area (Å²) in [6.45, 7) is 9.53. The molecule has 0 radical (unpaired) electrons. The molecule has 1 aromatic heterocycles. The number of unbranched alkanes of at least 4 members (excludes halogenated alkanes) is 8. The van der Waals surface area contributed by atoms with Crippen LogP contribution in [0, 0.1) is 0 Å². The molecule has 1 rings (SSSR count). The van der Waals surface area contributed by atoms with Gasteiger partial charge in [0.05, 0.1) is 0 Å². The van der Waals surface area contributed by atoms with Crippen LogP contribution in [0.5, 0.6) is 0 Å². The van der Waals surface area contributed by atoms with Crippen LogP contribution in [0.3, 0.4) is 0 Å². The highest BCUT2D eigenvalue weighted by Crippen LogP contribution is 2.16. The van der Waals surface area contributed by atoms with E-state index in [1.807, 2.05) is 0 Å². The van der Waals surface area contributed by atoms with E-state index in [1.54, 1.807) is 0 Å². The molecule has 0 amide bonds. The van der Waals surface area contributed by atoms with E-state index in [-0.39, 0.29) is 5.28 Å². The van der Waals surface area contributed by atoms with Crippen LogP contribution in [0.1, 0.15) is 91.4 Å². The number of nitrogens with zero attached hydrogens (tertiary/aromatic N) is 4. The summed E-state index contributed by atoms with van der Waals surface area (Å²) in [5, 5.41) is 3.57. The highest BCUT2D eigenvalue weighted by molar-refractivity contribution is 6.28. The smallest absolute Gasteiger partial charge is 0.231 e. The van der Waals surface area contributed by atoms with Crippen molar-refractivity contribution in [3.8, 4) is 0 Å². The maximum atomic E-state index is 6.17. The topological polar surface area (TPSA) is 53.9 Å². The molecule has 0 aliphatic rings. The van der Waals surface area contributed by atoms with Crippen LogP contribution >= 0.6 is 11.6 Å². The normalized spacial score (nSPS) is 10.9. The van der Waals surface area contributed by atoms with Gasteiger partial charge < -0.3 is 10.2 Å². The highest BCUT2D eigenvalue weighted by Gasteiger charge is 2.13. The van der Waals surface area contributed by atoms with Crippen LogP contribution in [0.4, 0.5) is 11.9 Å². The maximum Gasteiger partial charge on any atom is 0.231 e. The highest BCUT2D eigenvalue weighted by atomic mass is 35.5. The number of nitrogens with one attached hydrogen (secondary N) is 1. The second-order valence-electron chi connectivity index (χ2n) is 6.97. The second kappa shape index (κ2) is 15.0. The van der Waals surface area contributed by atoms with Gasteiger partial charge in [0.25, 0.3) is 0 Å². The lowest BCUT2D eigenvalue weighted by atomic mass is 10.2. The Morgan fingerprint density at radius 2 is 1.31 bits per heavy atom. The van der Waals surface area contributed by atoms with E-state index in [9.17, 15) is 0 Å². The van der Waals surface area contributed by atoms with E-state index < -0.39 is 0 Å². The van der Waals surface area contributed by atoms with Gasteiger partial charge in [-0.1, -0.05) is 72.1 Å². The third-order valence-corrected chi connectivity index (χ3v) is 4.67. The van der Waals surface area contributed by atoms with Gasteiger partial charge in [0.2, 0.25) is 17.2 Å². The molecule has 0 aromatic carbocycles. The molecule has 0 atom stereocenters. The van der Waals surface area contributed by atoms with Crippen LogP contribution in [-0.2, 0) is 0 Å². The lowest BCUT2D eigenvalue weighted by molar-refractivity contribution is 0.600. The van der Waals surface area contributed by atoms with Crippen molar-refractivity contribution in [2.45, 2.75) is 91.4 Å². The number of anilines is 2. The van der Waals surface area contributed by atoms with Gasteiger partial charge in [0.1, 0.15) is 0 Å². The van der Waals surface area contributed by atoms with Crippen molar-refractivity contribution in [3.05, 3.63) is 5.28 Å². The number of halogens is 1. The molecular formula is C20H38ClN5. The molecule has 0 saturated heterocycles. The minimum absolute atomic E-state index is 0.278.